The summed E-state index contributed by atoms with van der Waals surface area (Å²) in [5.41, 5.74) is 0.593. The van der Waals surface area contributed by atoms with Crippen LogP contribution in [0, 0.1) is 0 Å². The van der Waals surface area contributed by atoms with Crippen LogP contribution in [0.15, 0.2) is 48.5 Å². The molecule has 2 heterocycles. The van der Waals surface area contributed by atoms with Gasteiger partial charge < -0.3 is 19.3 Å². The summed E-state index contributed by atoms with van der Waals surface area (Å²) in [5, 5.41) is 12.2. The number of epoxide rings is 1. The van der Waals surface area contributed by atoms with E-state index in [1.807, 2.05) is 24.3 Å². The van der Waals surface area contributed by atoms with Crippen LogP contribution in [0.1, 0.15) is 59.1 Å². The monoisotopic (exact) mass is 441 g/mol. The number of hydrogen-bond donors (Lipinski definition) is 1. The molecule has 6 heteroatoms. The molecule has 0 saturated carbocycles. The van der Waals surface area contributed by atoms with Crippen LogP contribution >= 0.6 is 0 Å². The van der Waals surface area contributed by atoms with Gasteiger partial charge in [-0.25, -0.2) is 0 Å². The summed E-state index contributed by atoms with van der Waals surface area (Å²) < 4.78 is 17.1. The Morgan fingerprint density at radius 3 is 2.25 bits per heavy atom. The molecule has 2 fully saturated rings. The highest BCUT2D eigenvalue weighted by Crippen LogP contribution is 2.42. The molecule has 2 unspecified atom stereocenters. The Morgan fingerprint density at radius 1 is 1.03 bits per heavy atom. The number of hydrogen-bond acceptors (Lipinski definition) is 6. The Hall–Kier alpha value is -2.28. The SMILES string of the molecule is CC(ON1C(C)(C)CC(Oc2ccccc2O)CC1(C)C)c1ccc(OCC2CO2)cc1. The molecule has 32 heavy (non-hydrogen) atoms. The van der Waals surface area contributed by atoms with Crippen molar-refractivity contribution in [2.45, 2.75) is 76.9 Å². The average Bonchev–Trinajstić information content (AvgIpc) is 3.55. The number of aromatic hydroxyl groups is 1. The van der Waals surface area contributed by atoms with E-state index in [-0.39, 0.29) is 35.1 Å². The van der Waals surface area contributed by atoms with Crippen molar-refractivity contribution in [3.63, 3.8) is 0 Å². The third-order valence-corrected chi connectivity index (χ3v) is 6.16. The molecule has 2 aromatic rings. The lowest BCUT2D eigenvalue weighted by molar-refractivity contribution is -0.312. The van der Waals surface area contributed by atoms with Crippen LogP contribution in [0.3, 0.4) is 0 Å². The van der Waals surface area contributed by atoms with Gasteiger partial charge in [0.05, 0.1) is 6.61 Å². The van der Waals surface area contributed by atoms with Gasteiger partial charge in [0, 0.05) is 23.9 Å². The smallest absolute Gasteiger partial charge is 0.161 e. The predicted molar refractivity (Wildman–Crippen MR) is 123 cm³/mol. The molecule has 0 bridgehead atoms. The molecule has 2 aromatic carbocycles. The zero-order chi connectivity index (χ0) is 22.9. The number of phenols is 1. The van der Waals surface area contributed by atoms with Crippen molar-refractivity contribution in [3.8, 4) is 17.2 Å². The molecule has 4 rings (SSSR count). The molecule has 2 aliphatic heterocycles. The summed E-state index contributed by atoms with van der Waals surface area (Å²) >= 11 is 0. The highest BCUT2D eigenvalue weighted by atomic mass is 16.7. The lowest BCUT2D eigenvalue weighted by Gasteiger charge is -2.54. The lowest BCUT2D eigenvalue weighted by atomic mass is 9.80. The maximum atomic E-state index is 10.1. The third-order valence-electron chi connectivity index (χ3n) is 6.16. The number of ether oxygens (including phenoxy) is 3. The van der Waals surface area contributed by atoms with Crippen molar-refractivity contribution in [2.75, 3.05) is 13.2 Å². The van der Waals surface area contributed by atoms with E-state index in [0.717, 1.165) is 30.8 Å². The summed E-state index contributed by atoms with van der Waals surface area (Å²) in [5.74, 6) is 1.55. The van der Waals surface area contributed by atoms with Crippen molar-refractivity contribution in [2.24, 2.45) is 0 Å². The van der Waals surface area contributed by atoms with E-state index in [0.29, 0.717) is 12.4 Å². The van der Waals surface area contributed by atoms with Crippen LogP contribution in [-0.4, -0.2) is 46.7 Å². The number of nitrogens with zero attached hydrogens (tertiary/aromatic N) is 1. The van der Waals surface area contributed by atoms with Crippen molar-refractivity contribution >= 4 is 0 Å². The lowest BCUT2D eigenvalue weighted by Crippen LogP contribution is -2.62. The van der Waals surface area contributed by atoms with Crippen molar-refractivity contribution in [3.05, 3.63) is 54.1 Å². The molecule has 1 N–H and O–H groups in total. The summed E-state index contributed by atoms with van der Waals surface area (Å²) in [7, 11) is 0. The molecule has 0 radical (unpaired) electrons. The Kier molecular flexibility index (Phi) is 6.39. The van der Waals surface area contributed by atoms with Crippen LogP contribution in [0.4, 0.5) is 0 Å². The van der Waals surface area contributed by atoms with Crippen LogP contribution in [0.5, 0.6) is 17.2 Å². The second kappa shape index (κ2) is 8.93. The highest BCUT2D eigenvalue weighted by molar-refractivity contribution is 5.38. The first kappa shape index (κ1) is 22.9. The number of piperidine rings is 1. The maximum Gasteiger partial charge on any atom is 0.161 e. The normalized spacial score (nSPS) is 23.5. The predicted octanol–water partition coefficient (Wildman–Crippen LogP) is 5.26. The quantitative estimate of drug-likeness (QED) is 0.564. The van der Waals surface area contributed by atoms with Gasteiger partial charge in [0.25, 0.3) is 0 Å². The first-order valence-electron chi connectivity index (χ1n) is 11.4. The number of para-hydroxylation sites is 2. The van der Waals surface area contributed by atoms with Gasteiger partial charge in [0.1, 0.15) is 30.7 Å². The Labute approximate surface area is 191 Å². The Morgan fingerprint density at radius 2 is 1.66 bits per heavy atom. The van der Waals surface area contributed by atoms with Crippen molar-refractivity contribution in [1.82, 2.24) is 5.06 Å². The fraction of sp³-hybridized carbons (Fsp3) is 0.538. The molecule has 0 aromatic heterocycles. The molecule has 174 valence electrons. The summed E-state index contributed by atoms with van der Waals surface area (Å²) in [4.78, 5) is 6.55. The van der Waals surface area contributed by atoms with Gasteiger partial charge in [0.15, 0.2) is 11.5 Å². The zero-order valence-electron chi connectivity index (χ0n) is 19.7. The molecule has 2 atom stereocenters. The molecule has 2 saturated heterocycles. The Bertz CT molecular complexity index is 889. The standard InChI is InChI=1S/C26H35NO5/c1-18(19-10-12-20(13-11-19)29-16-22-17-30-22)32-27-25(2,3)14-21(15-26(27,4)5)31-24-9-7-6-8-23(24)28/h6-13,18,21-22,28H,14-17H2,1-5H3. The van der Waals surface area contributed by atoms with Crippen LogP contribution in [-0.2, 0) is 9.57 Å². The van der Waals surface area contributed by atoms with E-state index in [1.54, 1.807) is 12.1 Å². The van der Waals surface area contributed by atoms with Gasteiger partial charge in [-0.2, -0.15) is 5.06 Å². The Balaban J connectivity index is 1.40. The number of hydroxylamine groups is 2. The van der Waals surface area contributed by atoms with Crippen molar-refractivity contribution < 1.29 is 24.2 Å². The first-order valence-corrected chi connectivity index (χ1v) is 11.4. The maximum absolute atomic E-state index is 10.1. The van der Waals surface area contributed by atoms with Crippen LogP contribution in [0.25, 0.3) is 0 Å². The van der Waals surface area contributed by atoms with Gasteiger partial charge in [-0.05, 0) is 64.4 Å². The largest absolute Gasteiger partial charge is 0.504 e. The minimum absolute atomic E-state index is 0.0182. The molecule has 0 aliphatic carbocycles. The molecule has 0 spiro atoms. The van der Waals surface area contributed by atoms with Gasteiger partial charge >= 0.3 is 0 Å². The minimum atomic E-state index is -0.252. The van der Waals surface area contributed by atoms with Gasteiger partial charge in [-0.15, -0.1) is 0 Å². The van der Waals surface area contributed by atoms with Gasteiger partial charge in [0.2, 0.25) is 0 Å². The van der Waals surface area contributed by atoms with Gasteiger partial charge in [-0.3, -0.25) is 4.84 Å². The van der Waals surface area contributed by atoms with E-state index >= 15 is 0 Å². The van der Waals surface area contributed by atoms with Gasteiger partial charge in [-0.1, -0.05) is 24.3 Å². The molecule has 2 aliphatic rings. The summed E-state index contributed by atoms with van der Waals surface area (Å²) in [6.07, 6.45) is 1.69. The fourth-order valence-corrected chi connectivity index (χ4v) is 4.68. The van der Waals surface area contributed by atoms with E-state index in [9.17, 15) is 5.11 Å². The zero-order valence-corrected chi connectivity index (χ0v) is 19.7. The second-order valence-electron chi connectivity index (χ2n) is 10.1. The number of rotatable bonds is 8. The fourth-order valence-electron chi connectivity index (χ4n) is 4.68. The van der Waals surface area contributed by atoms with Crippen LogP contribution < -0.4 is 9.47 Å². The van der Waals surface area contributed by atoms with Crippen molar-refractivity contribution in [1.29, 1.82) is 0 Å². The first-order chi connectivity index (χ1) is 15.1. The van der Waals surface area contributed by atoms with E-state index < -0.39 is 0 Å². The second-order valence-corrected chi connectivity index (χ2v) is 10.1. The summed E-state index contributed by atoms with van der Waals surface area (Å²) in [6.45, 7) is 12.2. The van der Waals surface area contributed by atoms with E-state index in [4.69, 9.17) is 19.0 Å². The topological polar surface area (TPSA) is 63.7 Å². The third kappa shape index (κ3) is 5.37. The minimum Gasteiger partial charge on any atom is -0.504 e. The van der Waals surface area contributed by atoms with E-state index in [1.165, 1.54) is 0 Å². The molecule has 6 nitrogen and oxygen atoms in total. The summed E-state index contributed by atoms with van der Waals surface area (Å²) in [6, 6.07) is 15.2. The number of phenolic OH excluding ortho intramolecular Hbond substituents is 1. The molecular weight excluding hydrogens is 406 g/mol. The number of benzene rings is 2. The van der Waals surface area contributed by atoms with E-state index in [2.05, 4.69) is 51.8 Å². The molecular formula is C26H35NO5. The van der Waals surface area contributed by atoms with Crippen LogP contribution in [0.2, 0.25) is 0 Å². The average molecular weight is 442 g/mol. The molecule has 0 amide bonds. The highest BCUT2D eigenvalue weighted by Gasteiger charge is 2.48.